The molecule has 0 bridgehead atoms. The number of aliphatic hydroxyl groups is 1. The third-order valence-electron chi connectivity index (χ3n) is 11.4. The summed E-state index contributed by atoms with van der Waals surface area (Å²) in [6.45, 7) is 6.78. The summed E-state index contributed by atoms with van der Waals surface area (Å²) in [4.78, 5) is 13.5. The number of rotatable bonds is 45. The zero-order chi connectivity index (χ0) is 41.4. The van der Waals surface area contributed by atoms with E-state index in [9.17, 15) is 9.90 Å². The van der Waals surface area contributed by atoms with Crippen LogP contribution in [-0.4, -0.2) is 17.0 Å². The number of unbranched alkanes of at least 4 members (excludes halogenated alkanes) is 25. The number of ketones is 1. The van der Waals surface area contributed by atoms with Gasteiger partial charge in [-0.2, -0.15) is 0 Å². The summed E-state index contributed by atoms with van der Waals surface area (Å²) >= 11 is 0. The maximum absolute atomic E-state index is 13.5. The van der Waals surface area contributed by atoms with Crippen molar-refractivity contribution in [3.63, 3.8) is 0 Å². The Balaban J connectivity index is 4.39. The summed E-state index contributed by atoms with van der Waals surface area (Å²) in [6.07, 6.45) is 71.1. The first-order chi connectivity index (χ1) is 28.2. The van der Waals surface area contributed by atoms with Crippen LogP contribution >= 0.6 is 0 Å². The number of Topliss-reactive ketones (excluding diaryl/α,β-unsaturated/α-hetero) is 1. The van der Waals surface area contributed by atoms with Crippen molar-refractivity contribution in [1.82, 2.24) is 0 Å². The molecule has 0 saturated carbocycles. The fourth-order valence-corrected chi connectivity index (χ4v) is 7.58. The van der Waals surface area contributed by atoms with Crippen LogP contribution in [-0.2, 0) is 4.79 Å². The molecule has 0 aromatic heterocycles. The first kappa shape index (κ1) is 55.1. The predicted molar refractivity (Wildman–Crippen MR) is 257 cm³/mol. The van der Waals surface area contributed by atoms with Crippen LogP contribution in [0.5, 0.6) is 0 Å². The molecule has 0 spiro atoms. The molecule has 0 heterocycles. The van der Waals surface area contributed by atoms with Gasteiger partial charge in [-0.3, -0.25) is 4.79 Å². The number of carbonyl (C=O) groups excluding carboxylic acids is 1. The monoisotopic (exact) mass is 791 g/mol. The topological polar surface area (TPSA) is 37.3 Å². The Morgan fingerprint density at radius 1 is 0.351 bits per heavy atom. The van der Waals surface area contributed by atoms with E-state index in [-0.39, 0.29) is 5.92 Å². The number of hydrogen-bond donors (Lipinski definition) is 1. The van der Waals surface area contributed by atoms with Crippen LogP contribution < -0.4 is 0 Å². The molecule has 0 radical (unpaired) electrons. The van der Waals surface area contributed by atoms with Crippen LogP contribution in [0.3, 0.4) is 0 Å². The normalized spacial score (nSPS) is 13.6. The molecule has 0 aromatic rings. The summed E-state index contributed by atoms with van der Waals surface area (Å²) < 4.78 is 0. The van der Waals surface area contributed by atoms with E-state index in [4.69, 9.17) is 0 Å². The van der Waals surface area contributed by atoms with Crippen LogP contribution in [0.25, 0.3) is 0 Å². The van der Waals surface area contributed by atoms with Gasteiger partial charge in [-0.1, -0.05) is 209 Å². The van der Waals surface area contributed by atoms with Gasteiger partial charge in [-0.25, -0.2) is 0 Å². The van der Waals surface area contributed by atoms with Gasteiger partial charge in [-0.15, -0.1) is 0 Å². The standard InChI is InChI=1S/C55H98O2/c1-4-7-10-13-16-19-22-25-28-31-34-37-40-43-46-49-52-55(57)53(50-47-44-41-38-35-32-29-26-23-20-17-14-11-8-5-2)54(56)51-48-45-42-39-36-33-30-27-24-21-18-15-12-9-6-3/h16-21,25-30,53-54,56H,4-15,22-24,31-52H2,1-3H3. The fourth-order valence-electron chi connectivity index (χ4n) is 7.58. The van der Waals surface area contributed by atoms with E-state index in [0.717, 1.165) is 64.2 Å². The van der Waals surface area contributed by atoms with Crippen molar-refractivity contribution in [3.05, 3.63) is 72.9 Å². The van der Waals surface area contributed by atoms with Crippen molar-refractivity contribution < 1.29 is 9.90 Å². The Morgan fingerprint density at radius 2 is 0.632 bits per heavy atom. The highest BCUT2D eigenvalue weighted by Gasteiger charge is 2.25. The lowest BCUT2D eigenvalue weighted by Crippen LogP contribution is -2.28. The third-order valence-corrected chi connectivity index (χ3v) is 11.4. The molecule has 57 heavy (non-hydrogen) atoms. The zero-order valence-corrected chi connectivity index (χ0v) is 38.6. The van der Waals surface area contributed by atoms with E-state index in [1.165, 1.54) is 167 Å². The van der Waals surface area contributed by atoms with Crippen molar-refractivity contribution >= 4 is 5.78 Å². The smallest absolute Gasteiger partial charge is 0.138 e. The molecule has 330 valence electrons. The SMILES string of the molecule is CCCCCC=CCC=CCCCCCCCCC(=O)C(CCCCCCCC=CCC=CCCCCC)C(O)CCCCCCCC=CCC=CCCCCC. The van der Waals surface area contributed by atoms with Gasteiger partial charge in [0.25, 0.3) is 0 Å². The average molecular weight is 791 g/mol. The Labute approximate surface area is 357 Å². The molecule has 0 amide bonds. The molecule has 0 fully saturated rings. The summed E-state index contributed by atoms with van der Waals surface area (Å²) in [5.41, 5.74) is 0. The number of allylic oxidation sites excluding steroid dienone is 12. The van der Waals surface area contributed by atoms with Gasteiger partial charge in [-0.05, 0) is 116 Å². The van der Waals surface area contributed by atoms with Crippen LogP contribution in [0.4, 0.5) is 0 Å². The minimum Gasteiger partial charge on any atom is -0.392 e. The molecular formula is C55H98O2. The van der Waals surface area contributed by atoms with Crippen molar-refractivity contribution in [2.24, 2.45) is 5.92 Å². The average Bonchev–Trinajstić information content (AvgIpc) is 3.21. The predicted octanol–water partition coefficient (Wildman–Crippen LogP) is 18.4. The van der Waals surface area contributed by atoms with Crippen LogP contribution in [0.1, 0.15) is 258 Å². The maximum atomic E-state index is 13.5. The molecule has 1 N–H and O–H groups in total. The van der Waals surface area contributed by atoms with Gasteiger partial charge in [0.1, 0.15) is 5.78 Å². The second kappa shape index (κ2) is 48.4. The van der Waals surface area contributed by atoms with Gasteiger partial charge >= 0.3 is 0 Å². The second-order valence-electron chi connectivity index (χ2n) is 17.0. The van der Waals surface area contributed by atoms with Crippen LogP contribution in [0, 0.1) is 5.92 Å². The van der Waals surface area contributed by atoms with Crippen LogP contribution in [0.15, 0.2) is 72.9 Å². The van der Waals surface area contributed by atoms with Crippen LogP contribution in [0.2, 0.25) is 0 Å². The molecular weight excluding hydrogens is 693 g/mol. The molecule has 0 rings (SSSR count). The molecule has 2 unspecified atom stereocenters. The van der Waals surface area contributed by atoms with Gasteiger partial charge in [0.2, 0.25) is 0 Å². The van der Waals surface area contributed by atoms with E-state index in [2.05, 4.69) is 93.7 Å². The summed E-state index contributed by atoms with van der Waals surface area (Å²) in [5.74, 6) is 0.172. The van der Waals surface area contributed by atoms with Crippen molar-refractivity contribution in [2.45, 2.75) is 264 Å². The number of aliphatic hydroxyl groups excluding tert-OH is 1. The molecule has 2 atom stereocenters. The number of carbonyl (C=O) groups is 1. The van der Waals surface area contributed by atoms with E-state index >= 15 is 0 Å². The highest BCUT2D eigenvalue weighted by atomic mass is 16.3. The third kappa shape index (κ3) is 43.5. The second-order valence-corrected chi connectivity index (χ2v) is 17.0. The van der Waals surface area contributed by atoms with Crippen molar-refractivity contribution in [1.29, 1.82) is 0 Å². The lowest BCUT2D eigenvalue weighted by Gasteiger charge is -2.22. The Bertz CT molecular complexity index is 980. The highest BCUT2D eigenvalue weighted by molar-refractivity contribution is 5.81. The van der Waals surface area contributed by atoms with E-state index in [0.29, 0.717) is 12.2 Å². The van der Waals surface area contributed by atoms with E-state index in [1.54, 1.807) is 0 Å². The first-order valence-corrected chi connectivity index (χ1v) is 25.3. The Morgan fingerprint density at radius 3 is 0.982 bits per heavy atom. The van der Waals surface area contributed by atoms with E-state index in [1.807, 2.05) is 0 Å². The Hall–Kier alpha value is -1.93. The minimum atomic E-state index is -0.467. The molecule has 0 aromatic carbocycles. The molecule has 0 aliphatic rings. The molecule has 0 aliphatic heterocycles. The Kier molecular flexibility index (Phi) is 46.8. The van der Waals surface area contributed by atoms with Gasteiger partial charge < -0.3 is 5.11 Å². The number of hydrogen-bond acceptors (Lipinski definition) is 2. The summed E-state index contributed by atoms with van der Waals surface area (Å²) in [5, 5.41) is 11.3. The quantitative estimate of drug-likeness (QED) is 0.0493. The summed E-state index contributed by atoms with van der Waals surface area (Å²) in [6, 6.07) is 0. The largest absolute Gasteiger partial charge is 0.392 e. The minimum absolute atomic E-state index is 0.160. The lowest BCUT2D eigenvalue weighted by atomic mass is 9.86. The van der Waals surface area contributed by atoms with Crippen molar-refractivity contribution in [2.75, 3.05) is 0 Å². The van der Waals surface area contributed by atoms with Gasteiger partial charge in [0.15, 0.2) is 0 Å². The van der Waals surface area contributed by atoms with Gasteiger partial charge in [0, 0.05) is 12.3 Å². The highest BCUT2D eigenvalue weighted by Crippen LogP contribution is 2.24. The fraction of sp³-hybridized carbons (Fsp3) is 0.764. The summed E-state index contributed by atoms with van der Waals surface area (Å²) in [7, 11) is 0. The molecule has 2 nitrogen and oxygen atoms in total. The van der Waals surface area contributed by atoms with Crippen molar-refractivity contribution in [3.8, 4) is 0 Å². The first-order valence-electron chi connectivity index (χ1n) is 25.3. The maximum Gasteiger partial charge on any atom is 0.138 e. The molecule has 2 heteroatoms. The van der Waals surface area contributed by atoms with E-state index < -0.39 is 6.10 Å². The molecule has 0 saturated heterocycles. The molecule has 0 aliphatic carbocycles. The lowest BCUT2D eigenvalue weighted by molar-refractivity contribution is -0.127. The zero-order valence-electron chi connectivity index (χ0n) is 38.6. The van der Waals surface area contributed by atoms with Gasteiger partial charge in [0.05, 0.1) is 6.10 Å².